The van der Waals surface area contributed by atoms with Crippen LogP contribution in [-0.2, 0) is 10.2 Å². The van der Waals surface area contributed by atoms with Gasteiger partial charge >= 0.3 is 6.03 Å². The minimum Gasteiger partial charge on any atom is -0.861 e. The fraction of sp³-hybridized carbons (Fsp3) is 0.357. The second-order valence-electron chi connectivity index (χ2n) is 4.59. The summed E-state index contributed by atoms with van der Waals surface area (Å²) in [6.07, 6.45) is 0.986. The van der Waals surface area contributed by atoms with Gasteiger partial charge in [-0.25, -0.2) is 9.79 Å². The molecule has 0 bridgehead atoms. The number of aliphatic imine (C=N–C) groups is 1. The smallest absolute Gasteiger partial charge is 0.349 e. The zero-order chi connectivity index (χ0) is 14.0. The highest BCUT2D eigenvalue weighted by Gasteiger charge is 2.46. The third-order valence-corrected chi connectivity index (χ3v) is 3.41. The van der Waals surface area contributed by atoms with Crippen molar-refractivity contribution in [2.75, 3.05) is 7.05 Å². The van der Waals surface area contributed by atoms with Crippen LogP contribution in [0.25, 0.3) is 0 Å². The number of benzene rings is 1. The average molecular weight is 259 g/mol. The summed E-state index contributed by atoms with van der Waals surface area (Å²) in [5, 5.41) is 12.2. The minimum atomic E-state index is -1.35. The topological polar surface area (TPSA) is 72.8 Å². The third kappa shape index (κ3) is 1.91. The molecular formula is C14H15N2O3-. The van der Waals surface area contributed by atoms with Crippen LogP contribution in [-0.4, -0.2) is 29.8 Å². The van der Waals surface area contributed by atoms with Crippen molar-refractivity contribution in [2.24, 2.45) is 4.99 Å². The number of hydrogen-bond acceptors (Lipinski definition) is 3. The molecule has 0 fully saturated rings. The van der Waals surface area contributed by atoms with Crippen LogP contribution in [0.3, 0.4) is 0 Å². The summed E-state index contributed by atoms with van der Waals surface area (Å²) in [5.41, 5.74) is -0.756. The number of imide groups is 1. The third-order valence-electron chi connectivity index (χ3n) is 3.41. The Morgan fingerprint density at radius 1 is 1.26 bits per heavy atom. The fourth-order valence-corrected chi connectivity index (χ4v) is 2.42. The molecule has 5 heteroatoms. The lowest BCUT2D eigenvalue weighted by Gasteiger charge is -2.42. The zero-order valence-corrected chi connectivity index (χ0v) is 10.9. The molecule has 1 unspecified atom stereocenters. The first-order valence-corrected chi connectivity index (χ1v) is 6.18. The fourth-order valence-electron chi connectivity index (χ4n) is 2.42. The van der Waals surface area contributed by atoms with E-state index in [1.54, 1.807) is 24.3 Å². The van der Waals surface area contributed by atoms with Crippen LogP contribution in [0.1, 0.15) is 25.3 Å². The quantitative estimate of drug-likeness (QED) is 0.815. The van der Waals surface area contributed by atoms with Crippen molar-refractivity contribution in [1.82, 2.24) is 4.90 Å². The molecule has 19 heavy (non-hydrogen) atoms. The molecule has 0 saturated carbocycles. The van der Waals surface area contributed by atoms with Gasteiger partial charge in [-0.1, -0.05) is 43.7 Å². The highest BCUT2D eigenvalue weighted by Crippen LogP contribution is 2.34. The van der Waals surface area contributed by atoms with Gasteiger partial charge < -0.3 is 5.11 Å². The van der Waals surface area contributed by atoms with Gasteiger partial charge in [0.1, 0.15) is 5.41 Å². The maximum Gasteiger partial charge on any atom is 0.349 e. The molecule has 3 amide bonds. The van der Waals surface area contributed by atoms with Crippen LogP contribution in [0.2, 0.25) is 0 Å². The molecule has 1 atom stereocenters. The van der Waals surface area contributed by atoms with Crippen molar-refractivity contribution in [3.63, 3.8) is 0 Å². The molecule has 0 radical (unpaired) electrons. The van der Waals surface area contributed by atoms with Crippen molar-refractivity contribution in [3.8, 4) is 0 Å². The van der Waals surface area contributed by atoms with Gasteiger partial charge in [0.15, 0.2) is 0 Å². The molecule has 1 aromatic rings. The van der Waals surface area contributed by atoms with E-state index in [9.17, 15) is 14.7 Å². The van der Waals surface area contributed by atoms with E-state index in [4.69, 9.17) is 0 Å². The maximum absolute atomic E-state index is 12.5. The summed E-state index contributed by atoms with van der Waals surface area (Å²) in [5.74, 6) is -1.15. The lowest BCUT2D eigenvalue weighted by molar-refractivity contribution is -0.227. The Hall–Kier alpha value is -2.17. The molecule has 1 heterocycles. The van der Waals surface area contributed by atoms with Gasteiger partial charge in [-0.05, 0) is 17.9 Å². The zero-order valence-electron chi connectivity index (χ0n) is 10.9. The van der Waals surface area contributed by atoms with Crippen molar-refractivity contribution in [1.29, 1.82) is 0 Å². The first kappa shape index (κ1) is 13.3. The van der Waals surface area contributed by atoms with E-state index in [1.165, 1.54) is 7.05 Å². The number of carbonyl (C=O) groups is 2. The number of rotatable bonds is 3. The highest BCUT2D eigenvalue weighted by molar-refractivity contribution is 6.19. The van der Waals surface area contributed by atoms with Gasteiger partial charge in [0, 0.05) is 7.05 Å². The van der Waals surface area contributed by atoms with Crippen molar-refractivity contribution < 1.29 is 14.7 Å². The Bertz CT molecular complexity index is 539. The molecule has 1 aliphatic rings. The second kappa shape index (κ2) is 4.84. The average Bonchev–Trinajstić information content (AvgIpc) is 2.42. The molecule has 0 aromatic heterocycles. The molecule has 0 saturated heterocycles. The van der Waals surface area contributed by atoms with Crippen LogP contribution in [0, 0.1) is 0 Å². The van der Waals surface area contributed by atoms with E-state index < -0.39 is 23.3 Å². The number of likely N-dealkylation sites (N-methyl/N-ethyl adjacent to an activating group) is 1. The Morgan fingerprint density at radius 2 is 1.89 bits per heavy atom. The summed E-state index contributed by atoms with van der Waals surface area (Å²) in [6.45, 7) is 1.89. The van der Waals surface area contributed by atoms with E-state index in [0.29, 0.717) is 18.4 Å². The van der Waals surface area contributed by atoms with Gasteiger partial charge in [0.2, 0.25) is 5.91 Å². The molecule has 100 valence electrons. The number of hydrogen-bond donors (Lipinski definition) is 0. The van der Waals surface area contributed by atoms with Crippen LogP contribution in [0.5, 0.6) is 0 Å². The van der Waals surface area contributed by atoms with Gasteiger partial charge in [-0.2, -0.15) is 0 Å². The highest BCUT2D eigenvalue weighted by atomic mass is 16.3. The van der Waals surface area contributed by atoms with Crippen molar-refractivity contribution in [3.05, 3.63) is 35.9 Å². The Labute approximate surface area is 111 Å². The predicted molar refractivity (Wildman–Crippen MR) is 68.6 cm³/mol. The summed E-state index contributed by atoms with van der Waals surface area (Å²) in [7, 11) is 1.36. The van der Waals surface area contributed by atoms with E-state index in [1.807, 2.05) is 13.0 Å². The summed E-state index contributed by atoms with van der Waals surface area (Å²) in [6, 6.07) is 8.01. The van der Waals surface area contributed by atoms with E-state index in [0.717, 1.165) is 4.90 Å². The van der Waals surface area contributed by atoms with Crippen LogP contribution >= 0.6 is 0 Å². The maximum atomic E-state index is 12.5. The summed E-state index contributed by atoms with van der Waals surface area (Å²) in [4.78, 5) is 28.3. The predicted octanol–water partition coefficient (Wildman–Crippen LogP) is 1.08. The minimum absolute atomic E-state index is 0.343. The van der Waals surface area contributed by atoms with E-state index in [2.05, 4.69) is 4.99 Å². The normalized spacial score (nSPS) is 23.5. The number of carbonyl (C=O) groups excluding carboxylic acids is 2. The van der Waals surface area contributed by atoms with Crippen LogP contribution in [0.15, 0.2) is 35.3 Å². The SMILES string of the molecule is CCCC1(c2ccccc2)C(=O)N(C)C(=O)N=C1[O-]. The number of nitrogens with zero attached hydrogens (tertiary/aromatic N) is 2. The van der Waals surface area contributed by atoms with Gasteiger partial charge in [0.05, 0.1) is 0 Å². The Balaban J connectivity index is 2.65. The molecule has 0 spiro atoms. The van der Waals surface area contributed by atoms with Gasteiger partial charge in [0.25, 0.3) is 0 Å². The van der Waals surface area contributed by atoms with E-state index in [-0.39, 0.29) is 0 Å². The standard InChI is InChI=1S/C14H16N2O3/c1-3-9-14(10-7-5-4-6-8-10)11(17)15-13(19)16(2)12(14)18/h4-8H,3,9H2,1-2H3,(H,15,17,19)/p-1. The first-order valence-electron chi connectivity index (χ1n) is 6.18. The second-order valence-corrected chi connectivity index (χ2v) is 4.59. The molecule has 2 rings (SSSR count). The van der Waals surface area contributed by atoms with Crippen LogP contribution in [0.4, 0.5) is 4.79 Å². The van der Waals surface area contributed by atoms with E-state index >= 15 is 0 Å². The van der Waals surface area contributed by atoms with Crippen molar-refractivity contribution >= 4 is 17.8 Å². The van der Waals surface area contributed by atoms with Crippen LogP contribution < -0.4 is 5.11 Å². The van der Waals surface area contributed by atoms with Gasteiger partial charge in [-0.15, -0.1) is 0 Å². The Kier molecular flexibility index (Phi) is 3.38. The van der Waals surface area contributed by atoms with Gasteiger partial charge in [-0.3, -0.25) is 9.69 Å². The lowest BCUT2D eigenvalue weighted by Crippen LogP contribution is -2.59. The molecule has 0 aliphatic carbocycles. The Morgan fingerprint density at radius 3 is 2.47 bits per heavy atom. The first-order chi connectivity index (χ1) is 9.04. The molecule has 0 N–H and O–H groups in total. The lowest BCUT2D eigenvalue weighted by atomic mass is 9.74. The molecular weight excluding hydrogens is 244 g/mol. The number of amides is 3. The molecule has 1 aromatic carbocycles. The van der Waals surface area contributed by atoms with Crippen molar-refractivity contribution in [2.45, 2.75) is 25.2 Å². The number of urea groups is 1. The molecule has 5 nitrogen and oxygen atoms in total. The largest absolute Gasteiger partial charge is 0.861 e. The summed E-state index contributed by atoms with van der Waals surface area (Å²) >= 11 is 0. The monoisotopic (exact) mass is 259 g/mol. The molecule has 1 aliphatic heterocycles. The summed E-state index contributed by atoms with van der Waals surface area (Å²) < 4.78 is 0.